The average Bonchev–Trinajstić information content (AvgIpc) is 2.46. The molecule has 1 rings (SSSR count). The molecule has 2 nitrogen and oxygen atoms in total. The highest BCUT2D eigenvalue weighted by atomic mass is 32.2. The zero-order valence-electron chi connectivity index (χ0n) is 10.5. The number of unbranched alkanes of at least 4 members (excludes halogenated alkanes) is 2. The second-order valence-electron chi connectivity index (χ2n) is 5.08. The molecular formula is C12H24N2S. The first kappa shape index (κ1) is 12.9. The number of aliphatic imine (C=N–C) groups is 1. The molecule has 0 bridgehead atoms. The third-order valence-electron chi connectivity index (χ3n) is 2.58. The fraction of sp³-hybridized carbons (Fsp3) is 0.917. The van der Waals surface area contributed by atoms with Gasteiger partial charge in [0, 0.05) is 17.3 Å². The van der Waals surface area contributed by atoms with Crippen LogP contribution in [0.3, 0.4) is 0 Å². The smallest absolute Gasteiger partial charge is 0.157 e. The molecule has 0 aromatic rings. The number of nitrogens with zero attached hydrogens (tertiary/aromatic N) is 1. The topological polar surface area (TPSA) is 24.4 Å². The molecule has 0 aliphatic carbocycles. The molecule has 0 aromatic carbocycles. The van der Waals surface area contributed by atoms with E-state index in [1.165, 1.54) is 25.7 Å². The van der Waals surface area contributed by atoms with Gasteiger partial charge in [0.25, 0.3) is 0 Å². The van der Waals surface area contributed by atoms with E-state index in [2.05, 4.69) is 33.0 Å². The van der Waals surface area contributed by atoms with Crippen molar-refractivity contribution in [3.63, 3.8) is 0 Å². The number of nitrogens with one attached hydrogen (secondary N) is 1. The monoisotopic (exact) mass is 228 g/mol. The van der Waals surface area contributed by atoms with Crippen LogP contribution in [0, 0.1) is 0 Å². The number of hydrogen-bond donors (Lipinski definition) is 1. The maximum Gasteiger partial charge on any atom is 0.157 e. The molecule has 1 unspecified atom stereocenters. The predicted octanol–water partition coefficient (Wildman–Crippen LogP) is 3.43. The zero-order chi connectivity index (χ0) is 11.3. The zero-order valence-corrected chi connectivity index (χ0v) is 11.3. The minimum Gasteiger partial charge on any atom is -0.359 e. The first-order valence-electron chi connectivity index (χ1n) is 6.02. The Morgan fingerprint density at radius 1 is 1.47 bits per heavy atom. The van der Waals surface area contributed by atoms with Crippen LogP contribution in [0.4, 0.5) is 0 Å². The molecule has 0 spiro atoms. The SMILES string of the molecule is CCCCCC(C)N=C1NC(C)(C)CS1. The fourth-order valence-electron chi connectivity index (χ4n) is 1.63. The summed E-state index contributed by atoms with van der Waals surface area (Å²) < 4.78 is 0. The summed E-state index contributed by atoms with van der Waals surface area (Å²) in [4.78, 5) is 4.71. The summed E-state index contributed by atoms with van der Waals surface area (Å²) in [6, 6.07) is 0.473. The van der Waals surface area contributed by atoms with Gasteiger partial charge in [-0.3, -0.25) is 4.99 Å². The first-order valence-corrected chi connectivity index (χ1v) is 7.01. The number of amidine groups is 1. The lowest BCUT2D eigenvalue weighted by Crippen LogP contribution is -2.37. The summed E-state index contributed by atoms with van der Waals surface area (Å²) in [5, 5.41) is 4.61. The Hall–Kier alpha value is -0.180. The average molecular weight is 228 g/mol. The lowest BCUT2D eigenvalue weighted by atomic mass is 10.1. The number of hydrogen-bond acceptors (Lipinski definition) is 2. The highest BCUT2D eigenvalue weighted by molar-refractivity contribution is 8.14. The lowest BCUT2D eigenvalue weighted by Gasteiger charge is -2.16. The number of thioether (sulfide) groups is 1. The van der Waals surface area contributed by atoms with Gasteiger partial charge in [0.05, 0.1) is 0 Å². The van der Waals surface area contributed by atoms with Crippen molar-refractivity contribution in [1.29, 1.82) is 0 Å². The highest BCUT2D eigenvalue weighted by Gasteiger charge is 2.27. The van der Waals surface area contributed by atoms with Crippen molar-refractivity contribution in [2.75, 3.05) is 5.75 Å². The van der Waals surface area contributed by atoms with Crippen molar-refractivity contribution in [3.8, 4) is 0 Å². The maximum atomic E-state index is 4.71. The molecule has 88 valence electrons. The summed E-state index contributed by atoms with van der Waals surface area (Å²) in [5.74, 6) is 1.13. The molecule has 1 atom stereocenters. The minimum atomic E-state index is 0.229. The third kappa shape index (κ3) is 4.92. The standard InChI is InChI=1S/C12H24N2S/c1-5-6-7-8-10(2)13-11-14-12(3,4)9-15-11/h10H,5-9H2,1-4H3,(H,13,14). The van der Waals surface area contributed by atoms with E-state index in [-0.39, 0.29) is 5.54 Å². The van der Waals surface area contributed by atoms with Crippen molar-refractivity contribution in [1.82, 2.24) is 5.32 Å². The summed E-state index contributed by atoms with van der Waals surface area (Å²) in [7, 11) is 0. The van der Waals surface area contributed by atoms with Gasteiger partial charge >= 0.3 is 0 Å². The predicted molar refractivity (Wildman–Crippen MR) is 70.7 cm³/mol. The van der Waals surface area contributed by atoms with Crippen LogP contribution in [0.25, 0.3) is 0 Å². The Bertz CT molecular complexity index is 224. The lowest BCUT2D eigenvalue weighted by molar-refractivity contribution is 0.532. The van der Waals surface area contributed by atoms with Gasteiger partial charge in [-0.15, -0.1) is 0 Å². The van der Waals surface area contributed by atoms with Crippen molar-refractivity contribution in [2.24, 2.45) is 4.99 Å². The summed E-state index contributed by atoms with van der Waals surface area (Å²) in [6.45, 7) is 8.91. The van der Waals surface area contributed by atoms with E-state index in [0.29, 0.717) is 6.04 Å². The summed E-state index contributed by atoms with van der Waals surface area (Å²) in [5.41, 5.74) is 0.229. The van der Waals surface area contributed by atoms with Gasteiger partial charge in [0.2, 0.25) is 0 Å². The molecule has 0 radical (unpaired) electrons. The molecule has 0 saturated carbocycles. The first-order chi connectivity index (χ1) is 7.03. The van der Waals surface area contributed by atoms with Gasteiger partial charge in [-0.1, -0.05) is 37.9 Å². The Labute approximate surface area is 98.3 Å². The van der Waals surface area contributed by atoms with E-state index in [1.54, 1.807) is 0 Å². The van der Waals surface area contributed by atoms with Crippen LogP contribution in [0.2, 0.25) is 0 Å². The minimum absolute atomic E-state index is 0.229. The third-order valence-corrected chi connectivity index (χ3v) is 3.93. The van der Waals surface area contributed by atoms with E-state index >= 15 is 0 Å². The fourth-order valence-corrected chi connectivity index (χ4v) is 2.81. The van der Waals surface area contributed by atoms with E-state index in [4.69, 9.17) is 4.99 Å². The van der Waals surface area contributed by atoms with Crippen LogP contribution in [-0.2, 0) is 0 Å². The largest absolute Gasteiger partial charge is 0.359 e. The Morgan fingerprint density at radius 2 is 2.20 bits per heavy atom. The van der Waals surface area contributed by atoms with E-state index in [0.717, 1.165) is 10.9 Å². The van der Waals surface area contributed by atoms with Crippen molar-refractivity contribution >= 4 is 16.9 Å². The highest BCUT2D eigenvalue weighted by Crippen LogP contribution is 2.23. The van der Waals surface area contributed by atoms with Crippen LogP contribution >= 0.6 is 11.8 Å². The van der Waals surface area contributed by atoms with Crippen LogP contribution in [0.5, 0.6) is 0 Å². The van der Waals surface area contributed by atoms with Gasteiger partial charge in [0.1, 0.15) is 0 Å². The summed E-state index contributed by atoms with van der Waals surface area (Å²) >= 11 is 1.86. The molecule has 1 saturated heterocycles. The normalized spacial score (nSPS) is 24.1. The Morgan fingerprint density at radius 3 is 2.73 bits per heavy atom. The molecule has 3 heteroatoms. The van der Waals surface area contributed by atoms with E-state index in [9.17, 15) is 0 Å². The van der Waals surface area contributed by atoms with Gasteiger partial charge in [-0.2, -0.15) is 0 Å². The quantitative estimate of drug-likeness (QED) is 0.729. The molecular weight excluding hydrogens is 204 g/mol. The second-order valence-corrected chi connectivity index (χ2v) is 6.04. The molecule has 1 heterocycles. The second kappa shape index (κ2) is 5.78. The Balaban J connectivity index is 2.30. The van der Waals surface area contributed by atoms with Crippen LogP contribution in [0.1, 0.15) is 53.4 Å². The molecule has 1 fully saturated rings. The van der Waals surface area contributed by atoms with Crippen molar-refractivity contribution in [2.45, 2.75) is 65.0 Å². The molecule has 0 amide bonds. The van der Waals surface area contributed by atoms with Crippen LogP contribution in [0.15, 0.2) is 4.99 Å². The number of rotatable bonds is 5. The van der Waals surface area contributed by atoms with Gasteiger partial charge in [-0.05, 0) is 27.2 Å². The van der Waals surface area contributed by atoms with Crippen molar-refractivity contribution < 1.29 is 0 Å². The van der Waals surface area contributed by atoms with E-state index < -0.39 is 0 Å². The van der Waals surface area contributed by atoms with Gasteiger partial charge in [0.15, 0.2) is 5.17 Å². The molecule has 1 aliphatic rings. The molecule has 1 aliphatic heterocycles. The van der Waals surface area contributed by atoms with Gasteiger partial charge < -0.3 is 5.32 Å². The van der Waals surface area contributed by atoms with Gasteiger partial charge in [-0.25, -0.2) is 0 Å². The van der Waals surface area contributed by atoms with E-state index in [1.807, 2.05) is 11.8 Å². The van der Waals surface area contributed by atoms with Crippen LogP contribution in [-0.4, -0.2) is 22.5 Å². The molecule has 0 aromatic heterocycles. The van der Waals surface area contributed by atoms with Crippen molar-refractivity contribution in [3.05, 3.63) is 0 Å². The molecule has 15 heavy (non-hydrogen) atoms. The molecule has 1 N–H and O–H groups in total. The van der Waals surface area contributed by atoms with Crippen LogP contribution < -0.4 is 5.32 Å². The maximum absolute atomic E-state index is 4.71. The summed E-state index contributed by atoms with van der Waals surface area (Å²) in [6.07, 6.45) is 5.16. The Kier molecular flexibility index (Phi) is 4.97.